The van der Waals surface area contributed by atoms with E-state index in [1.807, 2.05) is 31.2 Å². The molecule has 4 rings (SSSR count). The number of pyridine rings is 1. The monoisotopic (exact) mass is 380 g/mol. The second-order valence-corrected chi connectivity index (χ2v) is 7.21. The first kappa shape index (κ1) is 18.3. The zero-order valence-corrected chi connectivity index (χ0v) is 15.6. The van der Waals surface area contributed by atoms with Gasteiger partial charge in [0.05, 0.1) is 13.0 Å². The van der Waals surface area contributed by atoms with E-state index in [-0.39, 0.29) is 31.2 Å². The Labute approximate surface area is 162 Å². The third-order valence-corrected chi connectivity index (χ3v) is 5.00. The summed E-state index contributed by atoms with van der Waals surface area (Å²) in [5.41, 5.74) is 0.874. The summed E-state index contributed by atoms with van der Waals surface area (Å²) in [6.07, 6.45) is 4.27. The summed E-state index contributed by atoms with van der Waals surface area (Å²) in [5.74, 6) is 0.111. The number of nitrogens with zero attached hydrogens (tertiary/aromatic N) is 4. The van der Waals surface area contributed by atoms with E-state index >= 15 is 4.39 Å². The molecule has 7 heteroatoms. The molecule has 0 aliphatic carbocycles. The third-order valence-electron chi connectivity index (χ3n) is 5.00. The number of aryl methyl sites for hydroxylation is 1. The lowest BCUT2D eigenvalue weighted by Gasteiger charge is -2.35. The third kappa shape index (κ3) is 3.78. The van der Waals surface area contributed by atoms with Gasteiger partial charge in [-0.1, -0.05) is 35.0 Å². The highest BCUT2D eigenvalue weighted by Gasteiger charge is 2.43. The summed E-state index contributed by atoms with van der Waals surface area (Å²) >= 11 is 0. The second-order valence-electron chi connectivity index (χ2n) is 7.21. The molecule has 0 saturated carbocycles. The van der Waals surface area contributed by atoms with Crippen LogP contribution in [0.3, 0.4) is 0 Å². The normalized spacial score (nSPS) is 19.6. The second kappa shape index (κ2) is 7.50. The van der Waals surface area contributed by atoms with Crippen LogP contribution in [-0.4, -0.2) is 39.0 Å². The molecule has 1 aliphatic heterocycles. The molecule has 1 fully saturated rings. The van der Waals surface area contributed by atoms with Crippen LogP contribution in [0, 0.1) is 6.92 Å². The summed E-state index contributed by atoms with van der Waals surface area (Å²) in [7, 11) is 0. The van der Waals surface area contributed by atoms with Crippen LogP contribution in [0.15, 0.2) is 53.3 Å². The van der Waals surface area contributed by atoms with Gasteiger partial charge in [0, 0.05) is 24.5 Å². The highest BCUT2D eigenvalue weighted by Crippen LogP contribution is 2.35. The van der Waals surface area contributed by atoms with Gasteiger partial charge in [-0.15, -0.1) is 0 Å². The van der Waals surface area contributed by atoms with Gasteiger partial charge in [0.2, 0.25) is 17.4 Å². The van der Waals surface area contributed by atoms with Gasteiger partial charge in [0.25, 0.3) is 5.89 Å². The Morgan fingerprint density at radius 3 is 2.86 bits per heavy atom. The van der Waals surface area contributed by atoms with Gasteiger partial charge in [0.15, 0.2) is 0 Å². The number of likely N-dealkylation sites (tertiary alicyclic amines) is 1. The molecule has 3 aromatic rings. The van der Waals surface area contributed by atoms with Gasteiger partial charge in [0.1, 0.15) is 0 Å². The molecule has 1 aliphatic rings. The van der Waals surface area contributed by atoms with Crippen molar-refractivity contribution in [3.63, 3.8) is 0 Å². The molecule has 2 aromatic heterocycles. The van der Waals surface area contributed by atoms with E-state index in [2.05, 4.69) is 15.1 Å². The van der Waals surface area contributed by atoms with Gasteiger partial charge in [-0.05, 0) is 37.5 Å². The molecule has 1 atom stereocenters. The van der Waals surface area contributed by atoms with E-state index in [0.29, 0.717) is 24.4 Å². The molecule has 6 nitrogen and oxygen atoms in total. The molecular formula is C21H21FN4O2. The Hall–Kier alpha value is -3.09. The zero-order chi connectivity index (χ0) is 19.6. The van der Waals surface area contributed by atoms with Crippen molar-refractivity contribution < 1.29 is 13.7 Å². The lowest BCUT2D eigenvalue weighted by Crippen LogP contribution is -2.47. The average Bonchev–Trinajstić information content (AvgIpc) is 3.22. The van der Waals surface area contributed by atoms with Crippen LogP contribution in [0.25, 0.3) is 11.4 Å². The van der Waals surface area contributed by atoms with Crippen molar-refractivity contribution in [3.05, 3.63) is 65.8 Å². The highest BCUT2D eigenvalue weighted by molar-refractivity contribution is 5.79. The number of carbonyl (C=O) groups is 1. The van der Waals surface area contributed by atoms with Crippen LogP contribution in [0.2, 0.25) is 0 Å². The topological polar surface area (TPSA) is 72.1 Å². The first-order valence-electron chi connectivity index (χ1n) is 9.30. The lowest BCUT2D eigenvalue weighted by molar-refractivity contribution is -0.135. The van der Waals surface area contributed by atoms with Gasteiger partial charge >= 0.3 is 0 Å². The number of hydrogen-bond donors (Lipinski definition) is 0. The maximum atomic E-state index is 15.6. The van der Waals surface area contributed by atoms with Crippen molar-refractivity contribution >= 4 is 5.91 Å². The van der Waals surface area contributed by atoms with Gasteiger partial charge in [-0.25, -0.2) is 4.39 Å². The molecule has 1 unspecified atom stereocenters. The van der Waals surface area contributed by atoms with Crippen molar-refractivity contribution in [1.29, 1.82) is 0 Å². The minimum atomic E-state index is -1.84. The summed E-state index contributed by atoms with van der Waals surface area (Å²) in [6, 6.07) is 11.3. The first-order chi connectivity index (χ1) is 13.5. The Bertz CT molecular complexity index is 958. The van der Waals surface area contributed by atoms with E-state index in [4.69, 9.17) is 4.52 Å². The maximum Gasteiger partial charge on any atom is 0.266 e. The molecule has 144 valence electrons. The molecule has 28 heavy (non-hydrogen) atoms. The number of carbonyl (C=O) groups excluding carboxylic acids is 1. The largest absolute Gasteiger partial charge is 0.339 e. The van der Waals surface area contributed by atoms with E-state index in [1.54, 1.807) is 29.4 Å². The smallest absolute Gasteiger partial charge is 0.266 e. The van der Waals surface area contributed by atoms with Crippen molar-refractivity contribution in [2.45, 2.75) is 31.9 Å². The number of benzene rings is 1. The molecule has 1 amide bonds. The Kier molecular flexibility index (Phi) is 4.90. The summed E-state index contributed by atoms with van der Waals surface area (Å²) in [6.45, 7) is 2.45. The number of halogens is 1. The van der Waals surface area contributed by atoms with Crippen molar-refractivity contribution in [2.24, 2.45) is 0 Å². The fourth-order valence-corrected chi connectivity index (χ4v) is 3.41. The number of rotatable bonds is 4. The Balaban J connectivity index is 1.48. The van der Waals surface area contributed by atoms with E-state index < -0.39 is 5.67 Å². The van der Waals surface area contributed by atoms with Crippen LogP contribution in [0.1, 0.15) is 29.9 Å². The van der Waals surface area contributed by atoms with E-state index in [1.165, 1.54) is 0 Å². The molecule has 0 radical (unpaired) electrons. The van der Waals surface area contributed by atoms with E-state index in [9.17, 15) is 4.79 Å². The number of aromatic nitrogens is 3. The lowest BCUT2D eigenvalue weighted by atomic mass is 9.94. The van der Waals surface area contributed by atoms with Crippen LogP contribution >= 0.6 is 0 Å². The van der Waals surface area contributed by atoms with Crippen LogP contribution in [0.5, 0.6) is 0 Å². The maximum absolute atomic E-state index is 15.6. The standard InChI is InChI=1S/C21H21FN4O2/c1-15-5-7-16(8-6-15)12-18(27)26-11-3-9-21(22,14-26)20-24-19(25-28-20)17-4-2-10-23-13-17/h2,4-8,10,13H,3,9,11-12,14H2,1H3. The number of amides is 1. The molecule has 0 bridgehead atoms. The van der Waals surface area contributed by atoms with E-state index in [0.717, 1.165) is 11.1 Å². The number of alkyl halides is 1. The molecule has 1 aromatic carbocycles. The molecule has 0 spiro atoms. The quantitative estimate of drug-likeness (QED) is 0.693. The number of hydrogen-bond acceptors (Lipinski definition) is 5. The zero-order valence-electron chi connectivity index (χ0n) is 15.6. The van der Waals surface area contributed by atoms with Gasteiger partial charge in [-0.3, -0.25) is 9.78 Å². The predicted molar refractivity (Wildman–Crippen MR) is 101 cm³/mol. The fourth-order valence-electron chi connectivity index (χ4n) is 3.41. The minimum Gasteiger partial charge on any atom is -0.339 e. The molecule has 1 saturated heterocycles. The molecular weight excluding hydrogens is 359 g/mol. The highest BCUT2D eigenvalue weighted by atomic mass is 19.1. The Morgan fingerprint density at radius 2 is 2.11 bits per heavy atom. The summed E-state index contributed by atoms with van der Waals surface area (Å²) < 4.78 is 20.8. The molecule has 3 heterocycles. The van der Waals surface area contributed by atoms with Crippen molar-refractivity contribution in [2.75, 3.05) is 13.1 Å². The minimum absolute atomic E-state index is 0.0770. The van der Waals surface area contributed by atoms with Crippen LogP contribution in [-0.2, 0) is 16.9 Å². The average molecular weight is 380 g/mol. The number of piperidine rings is 1. The molecule has 0 N–H and O–H groups in total. The van der Waals surface area contributed by atoms with Crippen LogP contribution in [0.4, 0.5) is 4.39 Å². The van der Waals surface area contributed by atoms with Gasteiger partial charge < -0.3 is 9.42 Å². The van der Waals surface area contributed by atoms with Crippen molar-refractivity contribution in [3.8, 4) is 11.4 Å². The summed E-state index contributed by atoms with van der Waals surface area (Å²) in [5, 5.41) is 3.88. The Morgan fingerprint density at radius 1 is 1.29 bits per heavy atom. The van der Waals surface area contributed by atoms with Gasteiger partial charge in [-0.2, -0.15) is 4.98 Å². The summed E-state index contributed by atoms with van der Waals surface area (Å²) in [4.78, 5) is 22.5. The van der Waals surface area contributed by atoms with Crippen molar-refractivity contribution in [1.82, 2.24) is 20.0 Å². The SMILES string of the molecule is Cc1ccc(CC(=O)N2CCCC(F)(c3nc(-c4cccnc4)no3)C2)cc1. The first-order valence-corrected chi connectivity index (χ1v) is 9.30. The van der Waals surface area contributed by atoms with Crippen LogP contribution < -0.4 is 0 Å². The predicted octanol–water partition coefficient (Wildman–Crippen LogP) is 3.47. The fraction of sp³-hybridized carbons (Fsp3) is 0.333.